The molecule has 0 radical (unpaired) electrons. The van der Waals surface area contributed by atoms with Crippen LogP contribution >= 0.6 is 0 Å². The molecule has 0 aliphatic carbocycles. The predicted octanol–water partition coefficient (Wildman–Crippen LogP) is 6.10. The Morgan fingerprint density at radius 3 is 2.32 bits per heavy atom. The smallest absolute Gasteiger partial charge is 0.420 e. The lowest BCUT2D eigenvalue weighted by molar-refractivity contribution is -0.139. The monoisotopic (exact) mass is 647 g/mol. The molecule has 0 saturated heterocycles. The van der Waals surface area contributed by atoms with Gasteiger partial charge in [0.05, 0.1) is 18.4 Å². The number of ether oxygens (including phenoxy) is 2. The average molecular weight is 648 g/mol. The van der Waals surface area contributed by atoms with Gasteiger partial charge in [-0.25, -0.2) is 31.4 Å². The van der Waals surface area contributed by atoms with Gasteiger partial charge in [0.2, 0.25) is 21.8 Å². The van der Waals surface area contributed by atoms with Crippen molar-refractivity contribution in [1.82, 2.24) is 9.29 Å². The average Bonchev–Trinajstić information content (AvgIpc) is 3.02. The van der Waals surface area contributed by atoms with Crippen molar-refractivity contribution in [1.29, 1.82) is 0 Å². The van der Waals surface area contributed by atoms with Crippen molar-refractivity contribution in [3.63, 3.8) is 0 Å². The van der Waals surface area contributed by atoms with E-state index in [1.807, 2.05) is 0 Å². The second-order valence-corrected chi connectivity index (χ2v) is 12.1. The Bertz CT molecular complexity index is 1650. The van der Waals surface area contributed by atoms with Crippen LogP contribution in [0.15, 0.2) is 53.4 Å². The summed E-state index contributed by atoms with van der Waals surface area (Å²) in [6, 6.07) is 7.10. The molecule has 16 heteroatoms. The third-order valence-electron chi connectivity index (χ3n) is 7.02. The number of halogens is 6. The number of fused-ring (bicyclic) bond motifs is 1. The van der Waals surface area contributed by atoms with Crippen molar-refractivity contribution in [2.45, 2.75) is 49.4 Å². The van der Waals surface area contributed by atoms with Gasteiger partial charge in [-0.1, -0.05) is 0 Å². The molecule has 44 heavy (non-hydrogen) atoms. The number of nitrogens with zero attached hydrogens (tertiary/aromatic N) is 3. The van der Waals surface area contributed by atoms with Crippen molar-refractivity contribution < 1.29 is 54.1 Å². The Kier molecular flexibility index (Phi) is 9.07. The van der Waals surface area contributed by atoms with E-state index >= 15 is 0 Å². The number of carbonyl (C=O) groups is 1. The number of anilines is 2. The maximum Gasteiger partial charge on any atom is 0.420 e. The number of aromatic carboxylic acids is 1. The number of hydrogen-bond acceptors (Lipinski definition) is 7. The third-order valence-corrected chi connectivity index (χ3v) is 8.96. The molecule has 1 aliphatic rings. The van der Waals surface area contributed by atoms with Gasteiger partial charge in [0, 0.05) is 49.4 Å². The first-order valence-electron chi connectivity index (χ1n) is 13.0. The highest BCUT2D eigenvalue weighted by Crippen LogP contribution is 2.46. The van der Waals surface area contributed by atoms with Gasteiger partial charge in [-0.3, -0.25) is 0 Å². The molecule has 2 heterocycles. The van der Waals surface area contributed by atoms with Gasteiger partial charge in [-0.15, -0.1) is 0 Å². The Morgan fingerprint density at radius 1 is 1.09 bits per heavy atom. The Labute approximate surface area is 248 Å². The molecule has 0 bridgehead atoms. The molecule has 0 unspecified atom stereocenters. The molecule has 0 fully saturated rings. The van der Waals surface area contributed by atoms with Crippen LogP contribution in [-0.4, -0.2) is 61.4 Å². The van der Waals surface area contributed by atoms with Gasteiger partial charge in [0.1, 0.15) is 23.1 Å². The van der Waals surface area contributed by atoms with Crippen molar-refractivity contribution in [3.05, 3.63) is 71.2 Å². The van der Waals surface area contributed by atoms with Crippen LogP contribution < -0.4 is 14.4 Å². The summed E-state index contributed by atoms with van der Waals surface area (Å²) in [5, 5.41) is 9.51. The maximum atomic E-state index is 14.4. The molecule has 0 amide bonds. The van der Waals surface area contributed by atoms with Crippen LogP contribution in [0.3, 0.4) is 0 Å². The Morgan fingerprint density at radius 2 is 1.75 bits per heavy atom. The number of hydrogen-bond donors (Lipinski definition) is 1. The van der Waals surface area contributed by atoms with Crippen LogP contribution in [0.4, 0.5) is 37.7 Å². The zero-order valence-electron chi connectivity index (χ0n) is 23.5. The molecule has 0 spiro atoms. The van der Waals surface area contributed by atoms with Gasteiger partial charge in [0.25, 0.3) is 0 Å². The van der Waals surface area contributed by atoms with E-state index < -0.39 is 80.6 Å². The quantitative estimate of drug-likeness (QED) is 0.278. The van der Waals surface area contributed by atoms with Crippen molar-refractivity contribution >= 4 is 27.4 Å². The molecule has 1 atom stereocenters. The van der Waals surface area contributed by atoms with Crippen LogP contribution in [0, 0.1) is 5.82 Å². The summed E-state index contributed by atoms with van der Waals surface area (Å²) >= 11 is 0. The van der Waals surface area contributed by atoms with Gasteiger partial charge in [-0.2, -0.15) is 17.5 Å². The predicted molar refractivity (Wildman–Crippen MR) is 146 cm³/mol. The van der Waals surface area contributed by atoms with E-state index in [2.05, 4.69) is 4.98 Å². The molecular weight excluding hydrogens is 620 g/mol. The Hall–Kier alpha value is -4.05. The van der Waals surface area contributed by atoms with Crippen LogP contribution in [-0.2, 0) is 22.8 Å². The SMILES string of the molecule is COc1ccc(COc2cc3c(cc2C(F)(F)F)N(c2ccc(F)cc2)C[C@@H](CCC(C)(F)F)N(C)S3(=O)=O)c(C(=O)O)n1. The van der Waals surface area contributed by atoms with Crippen molar-refractivity contribution in [3.8, 4) is 11.6 Å². The number of sulfonamides is 1. The first kappa shape index (κ1) is 32.9. The zero-order chi connectivity index (χ0) is 32.6. The number of benzene rings is 2. The Balaban J connectivity index is 1.88. The second-order valence-electron chi connectivity index (χ2n) is 10.1. The molecule has 2 aromatic carbocycles. The molecular formula is C28H27F6N3O6S. The number of likely N-dealkylation sites (N-methyl/N-ethyl adjacent to an activating group) is 1. The summed E-state index contributed by atoms with van der Waals surface area (Å²) in [4.78, 5) is 16.0. The van der Waals surface area contributed by atoms with E-state index in [0.29, 0.717) is 19.1 Å². The number of pyridine rings is 1. The first-order chi connectivity index (χ1) is 20.4. The second kappa shape index (κ2) is 12.1. The van der Waals surface area contributed by atoms with Crippen LogP contribution in [0.1, 0.15) is 41.4 Å². The molecule has 1 N–H and O–H groups in total. The minimum Gasteiger partial charge on any atom is -0.488 e. The number of carboxylic acids is 1. The number of alkyl halides is 5. The van der Waals surface area contributed by atoms with Crippen molar-refractivity contribution in [2.24, 2.45) is 0 Å². The summed E-state index contributed by atoms with van der Waals surface area (Å²) in [6.45, 7) is -0.411. The first-order valence-corrected chi connectivity index (χ1v) is 14.4. The fourth-order valence-corrected chi connectivity index (χ4v) is 6.25. The van der Waals surface area contributed by atoms with Crippen LogP contribution in [0.25, 0.3) is 0 Å². The molecule has 238 valence electrons. The molecule has 1 aromatic heterocycles. The third kappa shape index (κ3) is 7.01. The summed E-state index contributed by atoms with van der Waals surface area (Å²) in [6.07, 6.45) is -6.14. The zero-order valence-corrected chi connectivity index (χ0v) is 24.3. The van der Waals surface area contributed by atoms with Crippen LogP contribution in [0.2, 0.25) is 0 Å². The standard InChI is InChI=1S/C28H27F6N3O6S/c1-27(30,31)11-10-19-14-37(18-7-5-17(29)6-8-18)21-12-20(28(32,33)34)22(13-23(21)44(40,41)36(19)2)43-15-16-4-9-24(42-3)35-25(16)26(38)39/h4-9,12-13,19H,10-11,14-15H2,1-3H3,(H,38,39)/t19-/m1/s1. The molecule has 9 nitrogen and oxygen atoms in total. The van der Waals surface area contributed by atoms with Gasteiger partial charge in [0.15, 0.2) is 5.69 Å². The topological polar surface area (TPSA) is 109 Å². The van der Waals surface area contributed by atoms with Gasteiger partial charge >= 0.3 is 12.1 Å². The molecule has 1 aliphatic heterocycles. The largest absolute Gasteiger partial charge is 0.488 e. The fourth-order valence-electron chi connectivity index (χ4n) is 4.68. The highest BCUT2D eigenvalue weighted by atomic mass is 32.2. The van der Waals surface area contributed by atoms with E-state index in [4.69, 9.17) is 9.47 Å². The lowest BCUT2D eigenvalue weighted by atomic mass is 10.1. The molecule has 4 rings (SSSR count). The van der Waals surface area contributed by atoms with E-state index in [-0.39, 0.29) is 30.1 Å². The summed E-state index contributed by atoms with van der Waals surface area (Å²) in [7, 11) is -2.25. The minimum atomic E-state index is -5.09. The lowest BCUT2D eigenvalue weighted by Gasteiger charge is -2.30. The van der Waals surface area contributed by atoms with Gasteiger partial charge in [-0.05, 0) is 49.7 Å². The lowest BCUT2D eigenvalue weighted by Crippen LogP contribution is -2.41. The van der Waals surface area contributed by atoms with E-state index in [1.165, 1.54) is 36.3 Å². The maximum absolute atomic E-state index is 14.4. The number of carboxylic acid groups (broad SMARTS) is 1. The van der Waals surface area contributed by atoms with Gasteiger partial charge < -0.3 is 19.5 Å². The summed E-state index contributed by atoms with van der Waals surface area (Å²) < 4.78 is 123. The number of methoxy groups -OCH3 is 1. The highest BCUT2D eigenvalue weighted by molar-refractivity contribution is 7.89. The van der Waals surface area contributed by atoms with E-state index in [9.17, 15) is 44.7 Å². The van der Waals surface area contributed by atoms with Crippen LogP contribution in [0.5, 0.6) is 11.6 Å². The normalized spacial score (nSPS) is 17.1. The van der Waals surface area contributed by atoms with Crippen molar-refractivity contribution in [2.75, 3.05) is 25.6 Å². The fraction of sp³-hybridized carbons (Fsp3) is 0.357. The molecule has 0 saturated carbocycles. The van der Waals surface area contributed by atoms with E-state index in [1.54, 1.807) is 0 Å². The molecule has 3 aromatic rings. The minimum absolute atomic E-state index is 0.0717. The highest BCUT2D eigenvalue weighted by Gasteiger charge is 2.42. The summed E-state index contributed by atoms with van der Waals surface area (Å²) in [5.41, 5.74) is -2.40. The summed E-state index contributed by atoms with van der Waals surface area (Å²) in [5.74, 6) is -6.33. The van der Waals surface area contributed by atoms with E-state index in [0.717, 1.165) is 23.5 Å². The number of aromatic nitrogens is 1. The number of rotatable bonds is 9.